The predicted octanol–water partition coefficient (Wildman–Crippen LogP) is 4.04. The summed E-state index contributed by atoms with van der Waals surface area (Å²) in [5.74, 6) is 0.205. The standard InChI is InChI=1S/C31H36FN7O2S/c1-20-17-21(2)29(36-25-8-11-37(12-9-25)26-7-6-24(32)18-23(26)19-33)22(3)28(20)31(40)39-15-13-38(14-16-39)30-27(42(34)41)5-4-10-35-30/h4-7,10,17-18,25,36H,8-9,11-16,34H2,1-3H3. The zero-order chi connectivity index (χ0) is 30.0. The Morgan fingerprint density at radius 3 is 2.45 bits per heavy atom. The van der Waals surface area contributed by atoms with Gasteiger partial charge in [-0.25, -0.2) is 9.37 Å². The number of carbonyl (C=O) groups excluding carboxylic acids is 1. The lowest BCUT2D eigenvalue weighted by molar-refractivity contribution is 0.0745. The first kappa shape index (κ1) is 29.6. The maximum Gasteiger partial charge on any atom is 0.254 e. The fourth-order valence-electron chi connectivity index (χ4n) is 6.14. The Balaban J connectivity index is 1.26. The number of nitrogens with two attached hydrogens (primary N) is 1. The smallest absolute Gasteiger partial charge is 0.254 e. The summed E-state index contributed by atoms with van der Waals surface area (Å²) in [6, 6.07) is 12.2. The van der Waals surface area contributed by atoms with Gasteiger partial charge in [0.05, 0.1) is 22.6 Å². The topological polar surface area (TPSA) is 125 Å². The van der Waals surface area contributed by atoms with Crippen molar-refractivity contribution in [2.75, 3.05) is 54.4 Å². The van der Waals surface area contributed by atoms with Crippen molar-refractivity contribution in [3.05, 3.63) is 76.2 Å². The van der Waals surface area contributed by atoms with Gasteiger partial charge in [0.25, 0.3) is 5.91 Å². The first-order chi connectivity index (χ1) is 20.2. The summed E-state index contributed by atoms with van der Waals surface area (Å²) in [5, 5.41) is 18.8. The molecule has 0 radical (unpaired) electrons. The van der Waals surface area contributed by atoms with Crippen molar-refractivity contribution in [2.45, 2.75) is 44.6 Å². The second kappa shape index (κ2) is 12.6. The van der Waals surface area contributed by atoms with E-state index in [4.69, 9.17) is 5.14 Å². The zero-order valence-electron chi connectivity index (χ0n) is 24.2. The molecule has 1 unspecified atom stereocenters. The normalized spacial score (nSPS) is 16.7. The molecule has 2 fully saturated rings. The van der Waals surface area contributed by atoms with Crippen molar-refractivity contribution in [3.63, 3.8) is 0 Å². The van der Waals surface area contributed by atoms with E-state index in [9.17, 15) is 19.0 Å². The molecular weight excluding hydrogens is 553 g/mol. The molecule has 42 heavy (non-hydrogen) atoms. The highest BCUT2D eigenvalue weighted by molar-refractivity contribution is 7.89. The third-order valence-electron chi connectivity index (χ3n) is 8.28. The first-order valence-electron chi connectivity index (χ1n) is 14.1. The van der Waals surface area contributed by atoms with Crippen LogP contribution < -0.4 is 20.3 Å². The summed E-state index contributed by atoms with van der Waals surface area (Å²) in [7, 11) is 0. The molecule has 1 amide bonds. The van der Waals surface area contributed by atoms with Gasteiger partial charge >= 0.3 is 0 Å². The van der Waals surface area contributed by atoms with Crippen LogP contribution in [0.3, 0.4) is 0 Å². The number of piperidine rings is 1. The second-order valence-electron chi connectivity index (χ2n) is 11.0. The minimum Gasteiger partial charge on any atom is -0.593 e. The van der Waals surface area contributed by atoms with Crippen LogP contribution in [0.15, 0.2) is 47.5 Å². The van der Waals surface area contributed by atoms with E-state index in [0.29, 0.717) is 42.5 Å². The Labute approximate surface area is 249 Å². The van der Waals surface area contributed by atoms with E-state index in [-0.39, 0.29) is 11.9 Å². The molecule has 2 aliphatic heterocycles. The quantitative estimate of drug-likeness (QED) is 0.413. The van der Waals surface area contributed by atoms with Gasteiger partial charge in [-0.1, -0.05) is 6.07 Å². The molecule has 0 bridgehead atoms. The van der Waals surface area contributed by atoms with Gasteiger partial charge in [0.2, 0.25) is 4.90 Å². The SMILES string of the molecule is Cc1cc(C)c(C(=O)N2CCN(c3ncccc3[S+](N)[O-])CC2)c(C)c1NC1CCN(c2ccc(F)cc2C#N)CC1. The van der Waals surface area contributed by atoms with Crippen LogP contribution in [-0.2, 0) is 11.4 Å². The summed E-state index contributed by atoms with van der Waals surface area (Å²) in [6.45, 7) is 9.73. The van der Waals surface area contributed by atoms with Crippen molar-refractivity contribution < 1.29 is 13.7 Å². The van der Waals surface area contributed by atoms with E-state index < -0.39 is 17.2 Å². The highest BCUT2D eigenvalue weighted by Crippen LogP contribution is 2.32. The lowest BCUT2D eigenvalue weighted by Crippen LogP contribution is -2.49. The minimum absolute atomic E-state index is 0.00603. The van der Waals surface area contributed by atoms with Gasteiger partial charge in [-0.05, 0) is 74.6 Å². The Bertz CT molecular complexity index is 1510. The lowest BCUT2D eigenvalue weighted by Gasteiger charge is -2.37. The van der Waals surface area contributed by atoms with Crippen molar-refractivity contribution >= 4 is 34.5 Å². The molecule has 1 atom stereocenters. The number of hydrogen-bond donors (Lipinski definition) is 2. The van der Waals surface area contributed by atoms with Crippen LogP contribution in [-0.4, -0.2) is 65.7 Å². The molecule has 0 saturated carbocycles. The lowest BCUT2D eigenvalue weighted by atomic mass is 9.94. The summed E-state index contributed by atoms with van der Waals surface area (Å²) < 4.78 is 25.6. The summed E-state index contributed by atoms with van der Waals surface area (Å²) in [6.07, 6.45) is 3.36. The predicted molar refractivity (Wildman–Crippen MR) is 164 cm³/mol. The molecule has 3 aromatic rings. The molecule has 3 heterocycles. The number of pyridine rings is 1. The molecule has 1 aromatic heterocycles. The number of benzene rings is 2. The van der Waals surface area contributed by atoms with Gasteiger partial charge in [-0.15, -0.1) is 5.14 Å². The van der Waals surface area contributed by atoms with Crippen LogP contribution in [0, 0.1) is 37.9 Å². The van der Waals surface area contributed by atoms with Crippen molar-refractivity contribution in [3.8, 4) is 6.07 Å². The van der Waals surface area contributed by atoms with E-state index in [1.165, 1.54) is 12.1 Å². The maximum absolute atomic E-state index is 13.8. The van der Waals surface area contributed by atoms with E-state index in [1.54, 1.807) is 24.4 Å². The van der Waals surface area contributed by atoms with E-state index in [2.05, 4.69) is 34.3 Å². The molecule has 2 aliphatic rings. The third kappa shape index (κ3) is 6.02. The number of aryl methyl sites for hydroxylation is 2. The van der Waals surface area contributed by atoms with Crippen LogP contribution in [0.1, 0.15) is 45.5 Å². The van der Waals surface area contributed by atoms with Gasteiger partial charge in [-0.2, -0.15) is 5.26 Å². The maximum atomic E-state index is 13.8. The summed E-state index contributed by atoms with van der Waals surface area (Å²) in [5.41, 5.74) is 5.82. The van der Waals surface area contributed by atoms with Crippen molar-refractivity contribution in [1.29, 1.82) is 5.26 Å². The fraction of sp³-hybridized carbons (Fsp3) is 0.387. The van der Waals surface area contributed by atoms with E-state index >= 15 is 0 Å². The average molecular weight is 590 g/mol. The minimum atomic E-state index is -1.64. The number of nitriles is 1. The molecule has 5 rings (SSSR count). The van der Waals surface area contributed by atoms with Gasteiger partial charge < -0.3 is 24.6 Å². The number of piperazine rings is 1. The highest BCUT2D eigenvalue weighted by atomic mass is 32.2. The summed E-state index contributed by atoms with van der Waals surface area (Å²) >= 11 is -1.64. The fourth-order valence-corrected chi connectivity index (χ4v) is 6.71. The molecule has 220 valence electrons. The Morgan fingerprint density at radius 1 is 1.07 bits per heavy atom. The number of anilines is 3. The molecule has 9 nitrogen and oxygen atoms in total. The van der Waals surface area contributed by atoms with Crippen LogP contribution >= 0.6 is 0 Å². The molecular formula is C31H36FN7O2S. The Hall–Kier alpha value is -3.85. The van der Waals surface area contributed by atoms with Crippen molar-refractivity contribution in [2.24, 2.45) is 5.14 Å². The first-order valence-corrected chi connectivity index (χ1v) is 15.4. The number of rotatable bonds is 6. The molecule has 11 heteroatoms. The number of nitrogens with zero attached hydrogens (tertiary/aromatic N) is 5. The van der Waals surface area contributed by atoms with Crippen molar-refractivity contribution in [1.82, 2.24) is 9.88 Å². The van der Waals surface area contributed by atoms with Crippen LogP contribution in [0.25, 0.3) is 0 Å². The van der Waals surface area contributed by atoms with E-state index in [0.717, 1.165) is 59.6 Å². The number of carbonyl (C=O) groups is 1. The average Bonchev–Trinajstić information content (AvgIpc) is 2.99. The molecule has 2 aromatic carbocycles. The van der Waals surface area contributed by atoms with Gasteiger partial charge in [0.1, 0.15) is 11.9 Å². The van der Waals surface area contributed by atoms with Crippen LogP contribution in [0.4, 0.5) is 21.6 Å². The molecule has 0 spiro atoms. The van der Waals surface area contributed by atoms with E-state index in [1.807, 2.05) is 23.6 Å². The van der Waals surface area contributed by atoms with Gasteiger partial charge in [-0.3, -0.25) is 4.79 Å². The number of amides is 1. The molecule has 3 N–H and O–H groups in total. The van der Waals surface area contributed by atoms with Gasteiger partial charge in [0.15, 0.2) is 5.82 Å². The molecule has 2 saturated heterocycles. The van der Waals surface area contributed by atoms with Crippen LogP contribution in [0.2, 0.25) is 0 Å². The number of nitrogens with one attached hydrogen (secondary N) is 1. The third-order valence-corrected chi connectivity index (χ3v) is 9.03. The number of aromatic nitrogens is 1. The second-order valence-corrected chi connectivity index (χ2v) is 12.0. The zero-order valence-corrected chi connectivity index (χ0v) is 25.0. The molecule has 0 aliphatic carbocycles. The highest BCUT2D eigenvalue weighted by Gasteiger charge is 2.29. The Morgan fingerprint density at radius 2 is 1.79 bits per heavy atom. The monoisotopic (exact) mass is 589 g/mol. The van der Waals surface area contributed by atoms with Gasteiger partial charge in [0, 0.05) is 68.8 Å². The Kier molecular flexibility index (Phi) is 8.87. The number of hydrogen-bond acceptors (Lipinski definition) is 8. The largest absolute Gasteiger partial charge is 0.593 e. The summed E-state index contributed by atoms with van der Waals surface area (Å²) in [4.78, 5) is 24.8. The van der Waals surface area contributed by atoms with Crippen LogP contribution in [0.5, 0.6) is 0 Å². The number of halogens is 1.